The van der Waals surface area contributed by atoms with Crippen molar-refractivity contribution < 1.29 is 22.7 Å². The van der Waals surface area contributed by atoms with Gasteiger partial charge in [0, 0.05) is 6.54 Å². The van der Waals surface area contributed by atoms with Crippen molar-refractivity contribution in [2.24, 2.45) is 5.92 Å². The van der Waals surface area contributed by atoms with E-state index in [1.54, 1.807) is 25.7 Å². The Hall–Kier alpha value is -1.94. The number of aromatic nitrogens is 2. The molecule has 0 amide bonds. The molecule has 28 heavy (non-hydrogen) atoms. The van der Waals surface area contributed by atoms with Crippen LogP contribution in [0, 0.1) is 12.8 Å². The fraction of sp³-hybridized carbons (Fsp3) is 0.611. The molecule has 0 spiro atoms. The molecule has 0 saturated carbocycles. The summed E-state index contributed by atoms with van der Waals surface area (Å²) < 4.78 is 44.3. The molecular formula is C18H22F3N3O3S. The molecule has 1 aliphatic rings. The van der Waals surface area contributed by atoms with Crippen molar-refractivity contribution in [1.29, 1.82) is 0 Å². The van der Waals surface area contributed by atoms with Crippen molar-refractivity contribution in [3.63, 3.8) is 0 Å². The van der Waals surface area contributed by atoms with Crippen molar-refractivity contribution >= 4 is 27.5 Å². The average Bonchev–Trinajstić information content (AvgIpc) is 2.98. The number of nitrogens with zero attached hydrogens (tertiary/aromatic N) is 2. The minimum absolute atomic E-state index is 0.114. The largest absolute Gasteiger partial charge is 0.462 e. The lowest BCUT2D eigenvalue weighted by Crippen LogP contribution is -2.43. The standard InChI is InChI=1S/C18H22F3N3O3S/c1-4-27-17(26)13-9(2)12-15(25)22-14(23-16(12)28-13)10(3)24-7-5-6-11(8-24)18(19,20)21/h10-11H,4-8H2,1-3H3,(H,22,23,25). The third-order valence-corrected chi connectivity index (χ3v) is 6.30. The van der Waals surface area contributed by atoms with Crippen molar-refractivity contribution in [2.75, 3.05) is 19.7 Å². The molecule has 1 saturated heterocycles. The minimum atomic E-state index is -4.23. The van der Waals surface area contributed by atoms with Crippen LogP contribution in [0.5, 0.6) is 0 Å². The van der Waals surface area contributed by atoms with Gasteiger partial charge < -0.3 is 9.72 Å². The summed E-state index contributed by atoms with van der Waals surface area (Å²) in [6.45, 7) is 5.68. The Balaban J connectivity index is 1.93. The molecule has 2 atom stereocenters. The Morgan fingerprint density at radius 2 is 2.18 bits per heavy atom. The molecule has 1 aliphatic heterocycles. The number of carbonyl (C=O) groups is 1. The maximum Gasteiger partial charge on any atom is 0.393 e. The zero-order valence-corrected chi connectivity index (χ0v) is 16.7. The van der Waals surface area contributed by atoms with Gasteiger partial charge in [-0.05, 0) is 45.7 Å². The van der Waals surface area contributed by atoms with Gasteiger partial charge in [0.25, 0.3) is 5.56 Å². The van der Waals surface area contributed by atoms with Crippen LogP contribution in [0.2, 0.25) is 0 Å². The van der Waals surface area contributed by atoms with Crippen LogP contribution in [0.4, 0.5) is 13.2 Å². The van der Waals surface area contributed by atoms with Crippen LogP contribution >= 0.6 is 11.3 Å². The molecule has 2 unspecified atom stereocenters. The van der Waals surface area contributed by atoms with Crippen LogP contribution in [0.25, 0.3) is 10.2 Å². The summed E-state index contributed by atoms with van der Waals surface area (Å²) in [6, 6.07) is -0.476. The molecule has 0 aromatic carbocycles. The summed E-state index contributed by atoms with van der Waals surface area (Å²) in [5, 5.41) is 0.316. The molecule has 10 heteroatoms. The van der Waals surface area contributed by atoms with Gasteiger partial charge in [-0.1, -0.05) is 0 Å². The van der Waals surface area contributed by atoms with Gasteiger partial charge in [-0.3, -0.25) is 9.69 Å². The van der Waals surface area contributed by atoms with Gasteiger partial charge in [-0.2, -0.15) is 13.2 Å². The van der Waals surface area contributed by atoms with Crippen LogP contribution in [-0.4, -0.2) is 46.7 Å². The molecule has 0 radical (unpaired) electrons. The fourth-order valence-electron chi connectivity index (χ4n) is 3.55. The highest BCUT2D eigenvalue weighted by atomic mass is 32.1. The maximum atomic E-state index is 13.1. The second kappa shape index (κ2) is 7.82. The predicted octanol–water partition coefficient (Wildman–Crippen LogP) is 3.81. The molecule has 3 rings (SSSR count). The quantitative estimate of drug-likeness (QED) is 0.766. The molecular weight excluding hydrogens is 395 g/mol. The zero-order chi connectivity index (χ0) is 20.6. The molecule has 1 N–H and O–H groups in total. The number of thiophene rings is 1. The Morgan fingerprint density at radius 1 is 1.46 bits per heavy atom. The van der Waals surface area contributed by atoms with Crippen molar-refractivity contribution in [1.82, 2.24) is 14.9 Å². The van der Waals surface area contributed by atoms with E-state index in [0.717, 1.165) is 11.3 Å². The number of fused-ring (bicyclic) bond motifs is 1. The molecule has 1 fully saturated rings. The number of carbonyl (C=O) groups excluding carboxylic acids is 1. The highest BCUT2D eigenvalue weighted by Crippen LogP contribution is 2.36. The summed E-state index contributed by atoms with van der Waals surface area (Å²) in [5.74, 6) is -1.59. The maximum absolute atomic E-state index is 13.1. The van der Waals surface area contributed by atoms with Gasteiger partial charge >= 0.3 is 12.1 Å². The van der Waals surface area contributed by atoms with E-state index in [1.807, 2.05) is 0 Å². The summed E-state index contributed by atoms with van der Waals surface area (Å²) in [6.07, 6.45) is -3.68. The Bertz CT molecular complexity index is 938. The molecule has 2 aromatic rings. The minimum Gasteiger partial charge on any atom is -0.462 e. The van der Waals surface area contributed by atoms with Crippen LogP contribution in [0.1, 0.15) is 53.8 Å². The van der Waals surface area contributed by atoms with Gasteiger partial charge in [0.05, 0.1) is 24.0 Å². The van der Waals surface area contributed by atoms with Crippen LogP contribution < -0.4 is 5.56 Å². The Labute approximate surface area is 163 Å². The van der Waals surface area contributed by atoms with E-state index in [-0.39, 0.29) is 19.6 Å². The first kappa shape index (κ1) is 20.8. The number of ether oxygens (including phenoxy) is 1. The highest BCUT2D eigenvalue weighted by molar-refractivity contribution is 7.20. The van der Waals surface area contributed by atoms with E-state index in [9.17, 15) is 22.8 Å². The molecule has 2 aromatic heterocycles. The second-order valence-electron chi connectivity index (χ2n) is 6.96. The van der Waals surface area contributed by atoms with Crippen LogP contribution in [-0.2, 0) is 4.74 Å². The number of likely N-dealkylation sites (tertiary alicyclic amines) is 1. The monoisotopic (exact) mass is 417 g/mol. The summed E-state index contributed by atoms with van der Waals surface area (Å²) in [4.78, 5) is 34.2. The smallest absolute Gasteiger partial charge is 0.393 e. The van der Waals surface area contributed by atoms with Gasteiger partial charge in [0.2, 0.25) is 0 Å². The number of hydrogen-bond donors (Lipinski definition) is 1. The van der Waals surface area contributed by atoms with Crippen molar-refractivity contribution in [3.05, 3.63) is 26.6 Å². The lowest BCUT2D eigenvalue weighted by Gasteiger charge is -2.36. The first-order valence-electron chi connectivity index (χ1n) is 9.14. The average molecular weight is 417 g/mol. The number of esters is 1. The van der Waals surface area contributed by atoms with Gasteiger partial charge in [0.15, 0.2) is 0 Å². The third-order valence-electron chi connectivity index (χ3n) is 5.14. The first-order valence-corrected chi connectivity index (χ1v) is 9.96. The summed E-state index contributed by atoms with van der Waals surface area (Å²) >= 11 is 1.06. The van der Waals surface area contributed by atoms with Crippen LogP contribution in [0.3, 0.4) is 0 Å². The Morgan fingerprint density at radius 3 is 2.82 bits per heavy atom. The van der Waals surface area contributed by atoms with E-state index in [4.69, 9.17) is 4.74 Å². The van der Waals surface area contributed by atoms with E-state index >= 15 is 0 Å². The number of piperidine rings is 1. The number of rotatable bonds is 4. The van der Waals surface area contributed by atoms with E-state index in [2.05, 4.69) is 9.97 Å². The number of alkyl halides is 3. The van der Waals surface area contributed by atoms with Gasteiger partial charge in [-0.25, -0.2) is 9.78 Å². The normalized spacial score (nSPS) is 19.7. The zero-order valence-electron chi connectivity index (χ0n) is 15.9. The molecule has 6 nitrogen and oxygen atoms in total. The fourth-order valence-corrected chi connectivity index (χ4v) is 4.63. The number of hydrogen-bond acceptors (Lipinski definition) is 6. The summed E-state index contributed by atoms with van der Waals surface area (Å²) in [7, 11) is 0. The highest BCUT2D eigenvalue weighted by Gasteiger charge is 2.42. The lowest BCUT2D eigenvalue weighted by atomic mass is 9.96. The number of H-pyrrole nitrogens is 1. The Kier molecular flexibility index (Phi) is 5.81. The number of halogens is 3. The van der Waals surface area contributed by atoms with E-state index < -0.39 is 29.7 Å². The van der Waals surface area contributed by atoms with Crippen molar-refractivity contribution in [3.8, 4) is 0 Å². The predicted molar refractivity (Wildman–Crippen MR) is 99.7 cm³/mol. The first-order chi connectivity index (χ1) is 13.1. The molecule has 0 aliphatic carbocycles. The van der Waals surface area contributed by atoms with Crippen LogP contribution in [0.15, 0.2) is 4.79 Å². The molecule has 3 heterocycles. The SMILES string of the molecule is CCOC(=O)c1sc2nc(C(C)N3CCCC(C(F)(F)F)C3)[nH]c(=O)c2c1C. The van der Waals surface area contributed by atoms with Gasteiger partial charge in [0.1, 0.15) is 15.5 Å². The number of nitrogens with one attached hydrogen (secondary N) is 1. The van der Waals surface area contributed by atoms with Gasteiger partial charge in [-0.15, -0.1) is 11.3 Å². The van der Waals surface area contributed by atoms with E-state index in [1.165, 1.54) is 0 Å². The second-order valence-corrected chi connectivity index (χ2v) is 7.96. The van der Waals surface area contributed by atoms with E-state index in [0.29, 0.717) is 39.4 Å². The number of aromatic amines is 1. The topological polar surface area (TPSA) is 75.3 Å². The lowest BCUT2D eigenvalue weighted by molar-refractivity contribution is -0.188. The third kappa shape index (κ3) is 3.93. The molecule has 0 bridgehead atoms. The summed E-state index contributed by atoms with van der Waals surface area (Å²) in [5.41, 5.74) is 0.0991. The molecule has 154 valence electrons. The van der Waals surface area contributed by atoms with Crippen molar-refractivity contribution in [2.45, 2.75) is 45.8 Å². The number of aryl methyl sites for hydroxylation is 1.